The van der Waals surface area contributed by atoms with Crippen molar-refractivity contribution in [3.8, 4) is 0 Å². The van der Waals surface area contributed by atoms with E-state index in [1.165, 1.54) is 6.42 Å². The van der Waals surface area contributed by atoms with E-state index in [-0.39, 0.29) is 18.1 Å². The van der Waals surface area contributed by atoms with Crippen molar-refractivity contribution >= 4 is 5.91 Å². The zero-order valence-corrected chi connectivity index (χ0v) is 12.0. The van der Waals surface area contributed by atoms with Gasteiger partial charge in [0.2, 0.25) is 5.91 Å². The molecule has 0 bridgehead atoms. The number of likely N-dealkylation sites (tertiary alicyclic amines) is 1. The Morgan fingerprint density at radius 3 is 2.74 bits per heavy atom. The zero-order valence-electron chi connectivity index (χ0n) is 12.0. The highest BCUT2D eigenvalue weighted by Crippen LogP contribution is 2.27. The Morgan fingerprint density at radius 2 is 2.00 bits per heavy atom. The summed E-state index contributed by atoms with van der Waals surface area (Å²) < 4.78 is 5.69. The molecule has 1 N–H and O–H groups in total. The van der Waals surface area contributed by atoms with E-state index in [4.69, 9.17) is 4.74 Å². The van der Waals surface area contributed by atoms with Crippen LogP contribution in [0.15, 0.2) is 0 Å². The monoisotopic (exact) mass is 267 g/mol. The average molecular weight is 267 g/mol. The molecule has 0 radical (unpaired) electrons. The minimum Gasteiger partial charge on any atom is -0.372 e. The van der Waals surface area contributed by atoms with Gasteiger partial charge in [0, 0.05) is 25.7 Å². The molecule has 0 saturated carbocycles. The molecule has 3 aliphatic heterocycles. The maximum Gasteiger partial charge on any atom is 0.236 e. The minimum absolute atomic E-state index is 0.159. The van der Waals surface area contributed by atoms with Crippen LogP contribution in [-0.4, -0.2) is 73.2 Å². The van der Waals surface area contributed by atoms with Gasteiger partial charge in [0.15, 0.2) is 0 Å². The summed E-state index contributed by atoms with van der Waals surface area (Å²) in [6.07, 6.45) is 1.56. The number of ether oxygens (including phenoxy) is 1. The Morgan fingerprint density at radius 1 is 1.26 bits per heavy atom. The SMILES string of the molecule is C[C@@H]1CN(C(=O)CN2CC[C@H]3CNC[C@H]32)C[C@H](C)O1. The van der Waals surface area contributed by atoms with Crippen molar-refractivity contribution in [1.82, 2.24) is 15.1 Å². The lowest BCUT2D eigenvalue weighted by Crippen LogP contribution is -2.51. The largest absolute Gasteiger partial charge is 0.372 e. The quantitative estimate of drug-likeness (QED) is 0.760. The van der Waals surface area contributed by atoms with E-state index < -0.39 is 0 Å². The van der Waals surface area contributed by atoms with E-state index >= 15 is 0 Å². The summed E-state index contributed by atoms with van der Waals surface area (Å²) in [5, 5.41) is 3.43. The molecule has 3 fully saturated rings. The van der Waals surface area contributed by atoms with Crippen molar-refractivity contribution in [2.45, 2.75) is 38.5 Å². The van der Waals surface area contributed by atoms with E-state index in [0.717, 1.165) is 38.6 Å². The van der Waals surface area contributed by atoms with Gasteiger partial charge in [0.1, 0.15) is 0 Å². The lowest BCUT2D eigenvalue weighted by atomic mass is 10.1. The van der Waals surface area contributed by atoms with E-state index in [2.05, 4.69) is 10.2 Å². The topological polar surface area (TPSA) is 44.8 Å². The smallest absolute Gasteiger partial charge is 0.236 e. The second kappa shape index (κ2) is 5.38. The first kappa shape index (κ1) is 13.3. The highest BCUT2D eigenvalue weighted by Gasteiger charge is 2.39. The van der Waals surface area contributed by atoms with Gasteiger partial charge < -0.3 is 15.0 Å². The number of carbonyl (C=O) groups is 1. The molecule has 0 aliphatic carbocycles. The van der Waals surface area contributed by atoms with Crippen LogP contribution in [0, 0.1) is 5.92 Å². The van der Waals surface area contributed by atoms with Crippen molar-refractivity contribution in [2.75, 3.05) is 39.3 Å². The fourth-order valence-corrected chi connectivity index (χ4v) is 3.79. The molecule has 0 spiro atoms. The van der Waals surface area contributed by atoms with E-state index in [0.29, 0.717) is 12.6 Å². The predicted molar refractivity (Wildman–Crippen MR) is 72.9 cm³/mol. The Labute approximate surface area is 115 Å². The number of hydrogen-bond acceptors (Lipinski definition) is 4. The molecule has 5 heteroatoms. The molecule has 1 amide bonds. The van der Waals surface area contributed by atoms with Crippen LogP contribution in [0.2, 0.25) is 0 Å². The van der Waals surface area contributed by atoms with Gasteiger partial charge in [-0.1, -0.05) is 0 Å². The van der Waals surface area contributed by atoms with Crippen molar-refractivity contribution in [2.24, 2.45) is 5.92 Å². The number of amides is 1. The summed E-state index contributed by atoms with van der Waals surface area (Å²) in [4.78, 5) is 16.8. The molecule has 3 saturated heterocycles. The van der Waals surface area contributed by atoms with Crippen molar-refractivity contribution in [1.29, 1.82) is 0 Å². The summed E-state index contributed by atoms with van der Waals surface area (Å²) >= 11 is 0. The lowest BCUT2D eigenvalue weighted by Gasteiger charge is -2.36. The van der Waals surface area contributed by atoms with Gasteiger partial charge in [-0.05, 0) is 39.3 Å². The Hall–Kier alpha value is -0.650. The number of rotatable bonds is 2. The van der Waals surface area contributed by atoms with Crippen LogP contribution in [0.5, 0.6) is 0 Å². The van der Waals surface area contributed by atoms with Crippen molar-refractivity contribution in [3.63, 3.8) is 0 Å². The standard InChI is InChI=1S/C14H25N3O2/c1-10-7-17(8-11(2)19-10)14(18)9-16-4-3-12-5-15-6-13(12)16/h10-13,15H,3-9H2,1-2H3/t10-,11+,12-,13+/m0/s1. The Bertz CT molecular complexity index is 340. The molecular weight excluding hydrogens is 242 g/mol. The number of morpholine rings is 1. The molecule has 0 aromatic rings. The second-order valence-electron chi connectivity index (χ2n) is 6.30. The Kier molecular flexibility index (Phi) is 3.78. The number of hydrogen-bond donors (Lipinski definition) is 1. The third-order valence-electron chi connectivity index (χ3n) is 4.67. The molecule has 3 rings (SSSR count). The molecule has 0 unspecified atom stereocenters. The molecule has 5 nitrogen and oxygen atoms in total. The van der Waals surface area contributed by atoms with Crippen LogP contribution in [0.3, 0.4) is 0 Å². The maximum absolute atomic E-state index is 12.4. The molecular formula is C14H25N3O2. The Balaban J connectivity index is 1.56. The van der Waals surface area contributed by atoms with Gasteiger partial charge in [0.25, 0.3) is 0 Å². The number of carbonyl (C=O) groups excluding carboxylic acids is 1. The first-order chi connectivity index (χ1) is 9.13. The maximum atomic E-state index is 12.4. The van der Waals surface area contributed by atoms with E-state index in [1.54, 1.807) is 0 Å². The van der Waals surface area contributed by atoms with Crippen LogP contribution in [0.1, 0.15) is 20.3 Å². The minimum atomic E-state index is 0.159. The first-order valence-electron chi connectivity index (χ1n) is 7.51. The highest BCUT2D eigenvalue weighted by atomic mass is 16.5. The molecule has 3 heterocycles. The lowest BCUT2D eigenvalue weighted by molar-refractivity contribution is -0.144. The van der Waals surface area contributed by atoms with Gasteiger partial charge in [-0.2, -0.15) is 0 Å². The fourth-order valence-electron chi connectivity index (χ4n) is 3.79. The molecule has 3 aliphatic rings. The van der Waals surface area contributed by atoms with E-state index in [9.17, 15) is 4.79 Å². The molecule has 108 valence electrons. The molecule has 0 aromatic carbocycles. The van der Waals surface area contributed by atoms with E-state index in [1.807, 2.05) is 18.7 Å². The highest BCUT2D eigenvalue weighted by molar-refractivity contribution is 5.78. The van der Waals surface area contributed by atoms with Crippen LogP contribution < -0.4 is 5.32 Å². The van der Waals surface area contributed by atoms with Gasteiger partial charge in [-0.25, -0.2) is 0 Å². The summed E-state index contributed by atoms with van der Waals surface area (Å²) in [7, 11) is 0. The summed E-state index contributed by atoms with van der Waals surface area (Å²) in [5.41, 5.74) is 0. The van der Waals surface area contributed by atoms with Crippen molar-refractivity contribution < 1.29 is 9.53 Å². The van der Waals surface area contributed by atoms with Crippen LogP contribution in [0.4, 0.5) is 0 Å². The summed E-state index contributed by atoms with van der Waals surface area (Å²) in [6, 6.07) is 0.583. The third kappa shape index (κ3) is 2.78. The molecule has 19 heavy (non-hydrogen) atoms. The predicted octanol–water partition coefficient (Wildman–Crippen LogP) is -0.0841. The van der Waals surface area contributed by atoms with Gasteiger partial charge in [0.05, 0.1) is 18.8 Å². The van der Waals surface area contributed by atoms with Crippen molar-refractivity contribution in [3.05, 3.63) is 0 Å². The zero-order chi connectivity index (χ0) is 13.4. The summed E-state index contributed by atoms with van der Waals surface area (Å²) in [5.74, 6) is 1.03. The first-order valence-corrected chi connectivity index (χ1v) is 7.51. The van der Waals surface area contributed by atoms with Crippen LogP contribution >= 0.6 is 0 Å². The van der Waals surface area contributed by atoms with Crippen LogP contribution in [0.25, 0.3) is 0 Å². The fraction of sp³-hybridized carbons (Fsp3) is 0.929. The van der Waals surface area contributed by atoms with Gasteiger partial charge in [-0.15, -0.1) is 0 Å². The second-order valence-corrected chi connectivity index (χ2v) is 6.30. The normalized spacial score (nSPS) is 39.6. The third-order valence-corrected chi connectivity index (χ3v) is 4.67. The molecule has 0 aromatic heterocycles. The van der Waals surface area contributed by atoms with Crippen LogP contribution in [-0.2, 0) is 9.53 Å². The van der Waals surface area contributed by atoms with Gasteiger partial charge in [-0.3, -0.25) is 9.69 Å². The number of nitrogens with zero attached hydrogens (tertiary/aromatic N) is 2. The number of nitrogens with one attached hydrogen (secondary N) is 1. The summed E-state index contributed by atoms with van der Waals surface area (Å²) in [6.45, 7) is 9.41. The van der Waals surface area contributed by atoms with Gasteiger partial charge >= 0.3 is 0 Å². The number of fused-ring (bicyclic) bond motifs is 1. The molecule has 4 atom stereocenters. The average Bonchev–Trinajstić information content (AvgIpc) is 2.92.